The van der Waals surface area contributed by atoms with Gasteiger partial charge in [-0.15, -0.1) is 11.6 Å². The summed E-state index contributed by atoms with van der Waals surface area (Å²) < 4.78 is 10.9. The van der Waals surface area contributed by atoms with Crippen LogP contribution in [0, 0.1) is 0 Å². The molecule has 0 aromatic carbocycles. The van der Waals surface area contributed by atoms with Crippen molar-refractivity contribution in [2.45, 2.75) is 69.6 Å². The largest absolute Gasteiger partial charge is 0.475 e. The number of unbranched alkanes of at least 4 members (excludes halogenated alkanes) is 2. The molecule has 1 fully saturated rings. The maximum absolute atomic E-state index is 10.8. The normalized spacial score (nSPS) is 22.0. The highest BCUT2D eigenvalue weighted by Gasteiger charge is 2.32. The second-order valence-corrected chi connectivity index (χ2v) is 7.49. The predicted molar refractivity (Wildman–Crippen MR) is 99.7 cm³/mol. The molecular weight excluding hydrogens is 358 g/mol. The van der Waals surface area contributed by atoms with Crippen LogP contribution in [0.3, 0.4) is 0 Å². The number of aromatic carboxylic acids is 1. The van der Waals surface area contributed by atoms with Gasteiger partial charge in [0.05, 0.1) is 18.1 Å². The Kier molecular flexibility index (Phi) is 8.91. The number of likely N-dealkylation sites (tertiary alicyclic amines) is 1. The maximum atomic E-state index is 10.8. The molecule has 0 aliphatic carbocycles. The Morgan fingerprint density at radius 1 is 1.42 bits per heavy atom. The molecule has 6 nitrogen and oxygen atoms in total. The van der Waals surface area contributed by atoms with E-state index < -0.39 is 5.97 Å². The first-order valence-corrected chi connectivity index (χ1v) is 9.90. The summed E-state index contributed by atoms with van der Waals surface area (Å²) in [6, 6.07) is 3.14. The third kappa shape index (κ3) is 6.58. The topological polar surface area (TPSA) is 83.1 Å². The van der Waals surface area contributed by atoms with Gasteiger partial charge in [-0.05, 0) is 31.4 Å². The van der Waals surface area contributed by atoms with Gasteiger partial charge in [-0.3, -0.25) is 4.90 Å². The van der Waals surface area contributed by atoms with Gasteiger partial charge in [-0.1, -0.05) is 26.2 Å². The molecule has 3 atom stereocenters. The molecule has 0 radical (unpaired) electrons. The second kappa shape index (κ2) is 10.9. The number of carboxylic acid groups (broad SMARTS) is 1. The van der Waals surface area contributed by atoms with Crippen LogP contribution in [0.4, 0.5) is 0 Å². The van der Waals surface area contributed by atoms with E-state index in [-0.39, 0.29) is 29.9 Å². The van der Waals surface area contributed by atoms with Gasteiger partial charge < -0.3 is 19.4 Å². The smallest absolute Gasteiger partial charge is 0.371 e. The van der Waals surface area contributed by atoms with Crippen LogP contribution in [0.2, 0.25) is 0 Å². The summed E-state index contributed by atoms with van der Waals surface area (Å²) in [6.45, 7) is 4.57. The molecular formula is C19H30ClNO5. The summed E-state index contributed by atoms with van der Waals surface area (Å²) in [5.41, 5.74) is 0. The number of nitrogens with zero attached hydrogens (tertiary/aromatic N) is 1. The van der Waals surface area contributed by atoms with Crippen LogP contribution in [0.15, 0.2) is 16.5 Å². The van der Waals surface area contributed by atoms with Crippen molar-refractivity contribution in [3.63, 3.8) is 0 Å². The average molecular weight is 388 g/mol. The minimum Gasteiger partial charge on any atom is -0.475 e. The van der Waals surface area contributed by atoms with E-state index in [0.717, 1.165) is 51.6 Å². The number of furan rings is 1. The highest BCUT2D eigenvalue weighted by molar-refractivity contribution is 6.21. The highest BCUT2D eigenvalue weighted by Crippen LogP contribution is 2.24. The molecule has 2 heterocycles. The van der Waals surface area contributed by atoms with Crippen LogP contribution in [0.25, 0.3) is 0 Å². The number of aliphatic hydroxyl groups is 1. The van der Waals surface area contributed by atoms with Gasteiger partial charge in [0.2, 0.25) is 5.76 Å². The fourth-order valence-electron chi connectivity index (χ4n) is 3.30. The van der Waals surface area contributed by atoms with Crippen LogP contribution in [0.5, 0.6) is 0 Å². The van der Waals surface area contributed by atoms with Crippen molar-refractivity contribution in [2.24, 2.45) is 0 Å². The van der Waals surface area contributed by atoms with Crippen LogP contribution in [0.1, 0.15) is 61.8 Å². The van der Waals surface area contributed by atoms with Gasteiger partial charge in [0.1, 0.15) is 12.4 Å². The predicted octanol–water partition coefficient (Wildman–Crippen LogP) is 3.51. The van der Waals surface area contributed by atoms with Gasteiger partial charge in [-0.2, -0.15) is 0 Å². The first kappa shape index (κ1) is 21.2. The molecule has 0 unspecified atom stereocenters. The van der Waals surface area contributed by atoms with E-state index in [9.17, 15) is 9.90 Å². The van der Waals surface area contributed by atoms with E-state index in [1.807, 2.05) is 0 Å². The average Bonchev–Trinajstić information content (AvgIpc) is 3.21. The van der Waals surface area contributed by atoms with Crippen molar-refractivity contribution in [3.05, 3.63) is 23.7 Å². The summed E-state index contributed by atoms with van der Waals surface area (Å²) in [6.07, 6.45) is 5.67. The Bertz CT molecular complexity index is 550. The lowest BCUT2D eigenvalue weighted by molar-refractivity contribution is 0.0495. The van der Waals surface area contributed by atoms with E-state index in [1.165, 1.54) is 6.07 Å². The van der Waals surface area contributed by atoms with Crippen LogP contribution < -0.4 is 0 Å². The monoisotopic (exact) mass is 387 g/mol. The molecule has 1 saturated heterocycles. The number of ether oxygens (including phenoxy) is 1. The Balaban J connectivity index is 1.72. The van der Waals surface area contributed by atoms with Crippen LogP contribution in [-0.2, 0) is 11.3 Å². The third-order valence-corrected chi connectivity index (χ3v) is 5.38. The van der Waals surface area contributed by atoms with E-state index in [0.29, 0.717) is 12.4 Å². The molecule has 2 rings (SSSR count). The Labute approximate surface area is 160 Å². The fourth-order valence-corrected chi connectivity index (χ4v) is 3.63. The molecule has 0 amide bonds. The summed E-state index contributed by atoms with van der Waals surface area (Å²) in [7, 11) is 0. The SMILES string of the molecule is CCCCC[C@H](O)CCN1CC[C@@H](Cl)[C@@H]1COCc1ccc(C(=O)O)o1. The fraction of sp³-hybridized carbons (Fsp3) is 0.737. The Hall–Kier alpha value is -1.08. The second-order valence-electron chi connectivity index (χ2n) is 6.93. The van der Waals surface area contributed by atoms with Gasteiger partial charge in [0, 0.05) is 19.1 Å². The Morgan fingerprint density at radius 2 is 2.23 bits per heavy atom. The number of aliphatic hydroxyl groups excluding tert-OH is 1. The lowest BCUT2D eigenvalue weighted by Crippen LogP contribution is -2.38. The van der Waals surface area contributed by atoms with Crippen molar-refractivity contribution in [1.82, 2.24) is 4.90 Å². The quantitative estimate of drug-likeness (QED) is 0.422. The molecule has 0 bridgehead atoms. The molecule has 26 heavy (non-hydrogen) atoms. The van der Waals surface area contributed by atoms with E-state index in [2.05, 4.69) is 11.8 Å². The summed E-state index contributed by atoms with van der Waals surface area (Å²) in [5.74, 6) is -0.681. The standard InChI is InChI=1S/C19H30ClNO5/c1-2-3-4-5-14(22)8-10-21-11-9-16(20)17(21)13-25-12-15-6-7-18(26-15)19(23)24/h6-7,14,16-17,22H,2-5,8-13H2,1H3,(H,23,24)/t14-,16+,17-/m0/s1. The lowest BCUT2D eigenvalue weighted by Gasteiger charge is -2.26. The molecule has 148 valence electrons. The van der Waals surface area contributed by atoms with Gasteiger partial charge >= 0.3 is 5.97 Å². The van der Waals surface area contributed by atoms with Gasteiger partial charge in [0.15, 0.2) is 0 Å². The molecule has 0 saturated carbocycles. The van der Waals surface area contributed by atoms with Crippen molar-refractivity contribution in [2.75, 3.05) is 19.7 Å². The highest BCUT2D eigenvalue weighted by atomic mass is 35.5. The number of hydrogen-bond donors (Lipinski definition) is 2. The lowest BCUT2D eigenvalue weighted by atomic mass is 10.1. The van der Waals surface area contributed by atoms with Crippen molar-refractivity contribution < 1.29 is 24.2 Å². The maximum Gasteiger partial charge on any atom is 0.371 e. The van der Waals surface area contributed by atoms with Crippen LogP contribution in [-0.4, -0.2) is 58.3 Å². The zero-order valence-electron chi connectivity index (χ0n) is 15.4. The molecule has 0 spiro atoms. The minimum atomic E-state index is -1.09. The first-order valence-electron chi connectivity index (χ1n) is 9.47. The molecule has 1 aromatic heterocycles. The van der Waals surface area contributed by atoms with E-state index in [1.54, 1.807) is 6.07 Å². The van der Waals surface area contributed by atoms with E-state index in [4.69, 9.17) is 25.9 Å². The number of rotatable bonds is 12. The molecule has 1 aromatic rings. The number of carboxylic acids is 1. The van der Waals surface area contributed by atoms with Crippen molar-refractivity contribution in [1.29, 1.82) is 0 Å². The molecule has 2 N–H and O–H groups in total. The zero-order valence-corrected chi connectivity index (χ0v) is 16.2. The molecule has 1 aliphatic heterocycles. The summed E-state index contributed by atoms with van der Waals surface area (Å²) in [4.78, 5) is 13.1. The Morgan fingerprint density at radius 3 is 2.92 bits per heavy atom. The minimum absolute atomic E-state index is 0.0263. The van der Waals surface area contributed by atoms with Crippen molar-refractivity contribution in [3.8, 4) is 0 Å². The van der Waals surface area contributed by atoms with E-state index >= 15 is 0 Å². The number of alkyl halides is 1. The first-order chi connectivity index (χ1) is 12.5. The number of hydrogen-bond acceptors (Lipinski definition) is 5. The van der Waals surface area contributed by atoms with Gasteiger partial charge in [-0.25, -0.2) is 4.79 Å². The molecule has 7 heteroatoms. The zero-order chi connectivity index (χ0) is 18.9. The molecule has 1 aliphatic rings. The third-order valence-electron chi connectivity index (χ3n) is 4.87. The summed E-state index contributed by atoms with van der Waals surface area (Å²) in [5, 5.41) is 19.0. The van der Waals surface area contributed by atoms with Crippen LogP contribution >= 0.6 is 11.6 Å². The van der Waals surface area contributed by atoms with Crippen molar-refractivity contribution >= 4 is 17.6 Å². The number of halogens is 1. The number of carbonyl (C=O) groups is 1. The van der Waals surface area contributed by atoms with Gasteiger partial charge in [0.25, 0.3) is 0 Å². The summed E-state index contributed by atoms with van der Waals surface area (Å²) >= 11 is 6.43.